The molecule has 1 aromatic carbocycles. The fourth-order valence-corrected chi connectivity index (χ4v) is 2.31. The van der Waals surface area contributed by atoms with Crippen molar-refractivity contribution in [2.24, 2.45) is 0 Å². The Balaban J connectivity index is 1.87. The standard InChI is InChI=1S/C19H22N2O5/c1-25-16-8-6-14(11-17(16)26-2)7-9-18(23)20-12-15(22)13-21-10-4-3-5-19(21)24/h3-11,15,22H,12-13H2,1-2H3,(H,20,23)/b9-7+. The molecule has 2 N–H and O–H groups in total. The molecule has 1 atom stereocenters. The van der Waals surface area contributed by atoms with Crippen LogP contribution in [0.15, 0.2) is 53.5 Å². The zero-order chi connectivity index (χ0) is 18.9. The van der Waals surface area contributed by atoms with Gasteiger partial charge in [0, 0.05) is 24.9 Å². The summed E-state index contributed by atoms with van der Waals surface area (Å²) in [6, 6.07) is 10.0. The summed E-state index contributed by atoms with van der Waals surface area (Å²) >= 11 is 0. The molecule has 0 fully saturated rings. The first-order valence-corrected chi connectivity index (χ1v) is 8.05. The van der Waals surface area contributed by atoms with E-state index in [0.717, 1.165) is 5.56 Å². The predicted molar refractivity (Wildman–Crippen MR) is 98.3 cm³/mol. The number of hydrogen-bond donors (Lipinski definition) is 2. The maximum absolute atomic E-state index is 11.9. The molecule has 0 aliphatic heterocycles. The molecule has 1 unspecified atom stereocenters. The Bertz CT molecular complexity index is 829. The summed E-state index contributed by atoms with van der Waals surface area (Å²) in [5, 5.41) is 12.6. The van der Waals surface area contributed by atoms with E-state index in [9.17, 15) is 14.7 Å². The Hall–Kier alpha value is -3.06. The van der Waals surface area contributed by atoms with Gasteiger partial charge in [0.1, 0.15) is 0 Å². The number of nitrogens with one attached hydrogen (secondary N) is 1. The van der Waals surface area contributed by atoms with Gasteiger partial charge in [-0.15, -0.1) is 0 Å². The highest BCUT2D eigenvalue weighted by Gasteiger charge is 2.07. The Labute approximate surface area is 151 Å². The molecule has 0 saturated carbocycles. The number of aromatic nitrogens is 1. The maximum atomic E-state index is 11.9. The molecule has 2 aromatic rings. The van der Waals surface area contributed by atoms with Crippen LogP contribution in [0.4, 0.5) is 0 Å². The van der Waals surface area contributed by atoms with Gasteiger partial charge in [-0.1, -0.05) is 12.1 Å². The van der Waals surface area contributed by atoms with Crippen LogP contribution in [0.3, 0.4) is 0 Å². The van der Waals surface area contributed by atoms with E-state index in [0.29, 0.717) is 11.5 Å². The molecule has 0 saturated heterocycles. The van der Waals surface area contributed by atoms with Crippen molar-refractivity contribution in [2.75, 3.05) is 20.8 Å². The van der Waals surface area contributed by atoms with Crippen molar-refractivity contribution in [2.45, 2.75) is 12.6 Å². The zero-order valence-corrected chi connectivity index (χ0v) is 14.7. The average molecular weight is 358 g/mol. The first kappa shape index (κ1) is 19.3. The van der Waals surface area contributed by atoms with Crippen molar-refractivity contribution in [3.05, 3.63) is 64.6 Å². The Kier molecular flexibility index (Phi) is 6.99. The van der Waals surface area contributed by atoms with Crippen LogP contribution in [-0.4, -0.2) is 42.4 Å². The minimum atomic E-state index is -0.867. The number of ether oxygens (including phenoxy) is 2. The largest absolute Gasteiger partial charge is 0.493 e. The zero-order valence-electron chi connectivity index (χ0n) is 14.7. The lowest BCUT2D eigenvalue weighted by atomic mass is 10.2. The monoisotopic (exact) mass is 358 g/mol. The van der Waals surface area contributed by atoms with Crippen molar-refractivity contribution in [1.29, 1.82) is 0 Å². The first-order chi connectivity index (χ1) is 12.5. The van der Waals surface area contributed by atoms with Crippen molar-refractivity contribution in [3.63, 3.8) is 0 Å². The molecular weight excluding hydrogens is 336 g/mol. The molecule has 138 valence electrons. The summed E-state index contributed by atoms with van der Waals surface area (Å²) in [4.78, 5) is 23.5. The number of carbonyl (C=O) groups is 1. The van der Waals surface area contributed by atoms with Gasteiger partial charge in [0.2, 0.25) is 5.91 Å². The SMILES string of the molecule is COc1ccc(/C=C/C(=O)NCC(O)Cn2ccccc2=O)cc1OC. The minimum Gasteiger partial charge on any atom is -0.493 e. The third-order valence-electron chi connectivity index (χ3n) is 3.65. The second-order valence-electron chi connectivity index (χ2n) is 5.54. The van der Waals surface area contributed by atoms with Gasteiger partial charge in [-0.2, -0.15) is 0 Å². The van der Waals surface area contributed by atoms with Gasteiger partial charge in [0.05, 0.1) is 26.9 Å². The van der Waals surface area contributed by atoms with Crippen LogP contribution < -0.4 is 20.3 Å². The number of rotatable bonds is 8. The van der Waals surface area contributed by atoms with Gasteiger partial charge in [-0.25, -0.2) is 0 Å². The molecular formula is C19H22N2O5. The van der Waals surface area contributed by atoms with E-state index >= 15 is 0 Å². The Morgan fingerprint density at radius 2 is 2.00 bits per heavy atom. The van der Waals surface area contributed by atoms with Crippen LogP contribution in [0.2, 0.25) is 0 Å². The Morgan fingerprint density at radius 1 is 1.23 bits per heavy atom. The highest BCUT2D eigenvalue weighted by Crippen LogP contribution is 2.27. The molecule has 2 rings (SSSR count). The van der Waals surface area contributed by atoms with Crippen LogP contribution in [0.5, 0.6) is 11.5 Å². The van der Waals surface area contributed by atoms with Crippen LogP contribution >= 0.6 is 0 Å². The molecule has 1 heterocycles. The summed E-state index contributed by atoms with van der Waals surface area (Å²) in [5.41, 5.74) is 0.570. The molecule has 0 spiro atoms. The van der Waals surface area contributed by atoms with Gasteiger partial charge in [0.15, 0.2) is 11.5 Å². The fraction of sp³-hybridized carbons (Fsp3) is 0.263. The molecule has 26 heavy (non-hydrogen) atoms. The van der Waals surface area contributed by atoms with Crippen molar-refractivity contribution < 1.29 is 19.4 Å². The summed E-state index contributed by atoms with van der Waals surface area (Å²) in [5.74, 6) is 0.825. The first-order valence-electron chi connectivity index (χ1n) is 8.05. The van der Waals surface area contributed by atoms with Gasteiger partial charge in [0.25, 0.3) is 5.56 Å². The van der Waals surface area contributed by atoms with Gasteiger partial charge >= 0.3 is 0 Å². The van der Waals surface area contributed by atoms with Gasteiger partial charge < -0.3 is 24.5 Å². The van der Waals surface area contributed by atoms with E-state index in [2.05, 4.69) is 5.32 Å². The van der Waals surface area contributed by atoms with Crippen LogP contribution in [0.1, 0.15) is 5.56 Å². The van der Waals surface area contributed by atoms with E-state index in [1.54, 1.807) is 49.7 Å². The highest BCUT2D eigenvalue weighted by molar-refractivity contribution is 5.91. The minimum absolute atomic E-state index is 0.0381. The number of amides is 1. The number of carbonyl (C=O) groups excluding carboxylic acids is 1. The quantitative estimate of drug-likeness (QED) is 0.689. The predicted octanol–water partition coefficient (Wildman–Crippen LogP) is 1.06. The third kappa shape index (κ3) is 5.49. The molecule has 0 bridgehead atoms. The topological polar surface area (TPSA) is 89.8 Å². The second-order valence-corrected chi connectivity index (χ2v) is 5.54. The summed E-state index contributed by atoms with van der Waals surface area (Å²) < 4.78 is 11.8. The summed E-state index contributed by atoms with van der Waals surface area (Å²) in [6.45, 7) is 0.149. The fourth-order valence-electron chi connectivity index (χ4n) is 2.31. The molecule has 7 nitrogen and oxygen atoms in total. The normalized spacial score (nSPS) is 12.0. The third-order valence-corrected chi connectivity index (χ3v) is 3.65. The van der Waals surface area contributed by atoms with Crippen LogP contribution in [0, 0.1) is 0 Å². The smallest absolute Gasteiger partial charge is 0.250 e. The van der Waals surface area contributed by atoms with Crippen LogP contribution in [0.25, 0.3) is 6.08 Å². The lowest BCUT2D eigenvalue weighted by Gasteiger charge is -2.12. The number of methoxy groups -OCH3 is 2. The highest BCUT2D eigenvalue weighted by atomic mass is 16.5. The lowest BCUT2D eigenvalue weighted by molar-refractivity contribution is -0.116. The van der Waals surface area contributed by atoms with Crippen molar-refractivity contribution >= 4 is 12.0 Å². The van der Waals surface area contributed by atoms with Crippen molar-refractivity contribution in [1.82, 2.24) is 9.88 Å². The summed E-state index contributed by atoms with van der Waals surface area (Å²) in [7, 11) is 3.09. The number of nitrogens with zero attached hydrogens (tertiary/aromatic N) is 1. The average Bonchev–Trinajstić information content (AvgIpc) is 2.66. The van der Waals surface area contributed by atoms with E-state index in [1.165, 1.54) is 23.8 Å². The molecule has 7 heteroatoms. The number of aliphatic hydroxyl groups excluding tert-OH is 1. The van der Waals surface area contributed by atoms with Crippen LogP contribution in [-0.2, 0) is 11.3 Å². The summed E-state index contributed by atoms with van der Waals surface area (Å²) in [6.07, 6.45) is 3.71. The van der Waals surface area contributed by atoms with Gasteiger partial charge in [-0.05, 0) is 29.8 Å². The number of aliphatic hydroxyl groups is 1. The van der Waals surface area contributed by atoms with E-state index in [-0.39, 0.29) is 24.6 Å². The lowest BCUT2D eigenvalue weighted by Crippen LogP contribution is -2.35. The molecule has 1 aromatic heterocycles. The van der Waals surface area contributed by atoms with E-state index < -0.39 is 6.10 Å². The molecule has 0 aliphatic carbocycles. The number of hydrogen-bond acceptors (Lipinski definition) is 5. The molecule has 1 amide bonds. The molecule has 0 aliphatic rings. The van der Waals surface area contributed by atoms with E-state index in [1.807, 2.05) is 0 Å². The number of pyridine rings is 1. The van der Waals surface area contributed by atoms with E-state index in [4.69, 9.17) is 9.47 Å². The number of benzene rings is 1. The molecule has 0 radical (unpaired) electrons. The second kappa shape index (κ2) is 9.43. The maximum Gasteiger partial charge on any atom is 0.250 e. The Morgan fingerprint density at radius 3 is 2.69 bits per heavy atom. The van der Waals surface area contributed by atoms with Crippen molar-refractivity contribution in [3.8, 4) is 11.5 Å². The van der Waals surface area contributed by atoms with Gasteiger partial charge in [-0.3, -0.25) is 9.59 Å².